The third-order valence-electron chi connectivity index (χ3n) is 4.13. The van der Waals surface area contributed by atoms with Crippen LogP contribution in [0.3, 0.4) is 0 Å². The monoisotopic (exact) mass is 578 g/mol. The Kier molecular flexibility index (Phi) is 8.16. The van der Waals surface area contributed by atoms with Gasteiger partial charge in [-0.15, -0.1) is 0 Å². The fourth-order valence-electron chi connectivity index (χ4n) is 2.61. The number of rotatable bonds is 6. The van der Waals surface area contributed by atoms with Gasteiger partial charge in [-0.2, -0.15) is 5.26 Å². The van der Waals surface area contributed by atoms with Crippen LogP contribution in [0.1, 0.15) is 11.1 Å². The van der Waals surface area contributed by atoms with Crippen molar-refractivity contribution >= 4 is 72.7 Å². The predicted molar refractivity (Wildman–Crippen MR) is 131 cm³/mol. The van der Waals surface area contributed by atoms with Crippen molar-refractivity contribution in [1.82, 2.24) is 0 Å². The number of nitriles is 1. The number of hydrogen-bond acceptors (Lipinski definition) is 3. The summed E-state index contributed by atoms with van der Waals surface area (Å²) in [4.78, 5) is 12.5. The average Bonchev–Trinajstić information content (AvgIpc) is 2.74. The molecule has 31 heavy (non-hydrogen) atoms. The van der Waals surface area contributed by atoms with Crippen LogP contribution >= 0.6 is 55.1 Å². The molecule has 0 spiro atoms. The SMILES string of the molecule is N#C/C(=C/c1cc(Br)c(OCc2ccccc2Cl)c(Br)c1)C(=O)Nc1ccc(Cl)cc1. The van der Waals surface area contributed by atoms with E-state index >= 15 is 0 Å². The van der Waals surface area contributed by atoms with Crippen LogP contribution in [-0.2, 0) is 11.4 Å². The van der Waals surface area contributed by atoms with Crippen molar-refractivity contribution in [3.05, 3.63) is 96.4 Å². The van der Waals surface area contributed by atoms with E-state index in [9.17, 15) is 10.1 Å². The molecule has 8 heteroatoms. The van der Waals surface area contributed by atoms with Crippen LogP contribution < -0.4 is 10.1 Å². The molecule has 0 aliphatic rings. The van der Waals surface area contributed by atoms with E-state index in [-0.39, 0.29) is 5.57 Å². The molecule has 0 saturated heterocycles. The van der Waals surface area contributed by atoms with E-state index in [1.165, 1.54) is 6.08 Å². The van der Waals surface area contributed by atoms with E-state index < -0.39 is 5.91 Å². The molecule has 0 atom stereocenters. The van der Waals surface area contributed by atoms with Crippen molar-refractivity contribution in [2.45, 2.75) is 6.61 Å². The van der Waals surface area contributed by atoms with Gasteiger partial charge in [0.25, 0.3) is 5.91 Å². The van der Waals surface area contributed by atoms with Crippen molar-refractivity contribution in [1.29, 1.82) is 5.26 Å². The lowest BCUT2D eigenvalue weighted by Gasteiger charge is -2.12. The molecule has 3 rings (SSSR count). The molecule has 1 N–H and O–H groups in total. The Balaban J connectivity index is 1.77. The molecule has 0 unspecified atom stereocenters. The van der Waals surface area contributed by atoms with Gasteiger partial charge in [0, 0.05) is 21.3 Å². The van der Waals surface area contributed by atoms with Crippen molar-refractivity contribution in [3.63, 3.8) is 0 Å². The van der Waals surface area contributed by atoms with Gasteiger partial charge in [-0.25, -0.2) is 0 Å². The first kappa shape index (κ1) is 23.4. The minimum Gasteiger partial charge on any atom is -0.486 e. The minimum atomic E-state index is -0.517. The summed E-state index contributed by atoms with van der Waals surface area (Å²) in [6.45, 7) is 0.291. The zero-order valence-electron chi connectivity index (χ0n) is 15.8. The van der Waals surface area contributed by atoms with Crippen LogP contribution in [0.15, 0.2) is 75.2 Å². The zero-order valence-corrected chi connectivity index (χ0v) is 20.5. The van der Waals surface area contributed by atoms with Crippen molar-refractivity contribution in [2.75, 3.05) is 5.32 Å². The molecule has 0 aromatic heterocycles. The highest BCUT2D eigenvalue weighted by molar-refractivity contribution is 9.11. The van der Waals surface area contributed by atoms with Gasteiger partial charge >= 0.3 is 0 Å². The van der Waals surface area contributed by atoms with Gasteiger partial charge in [0.15, 0.2) is 0 Å². The smallest absolute Gasteiger partial charge is 0.266 e. The summed E-state index contributed by atoms with van der Waals surface area (Å²) in [5.74, 6) is 0.0670. The second kappa shape index (κ2) is 10.8. The first-order valence-corrected chi connectivity index (χ1v) is 11.3. The lowest BCUT2D eigenvalue weighted by Crippen LogP contribution is -2.13. The summed E-state index contributed by atoms with van der Waals surface area (Å²) in [6, 6.07) is 19.5. The zero-order chi connectivity index (χ0) is 22.4. The second-order valence-electron chi connectivity index (χ2n) is 6.32. The number of amides is 1. The van der Waals surface area contributed by atoms with E-state index in [1.807, 2.05) is 24.3 Å². The molecule has 156 valence electrons. The maximum absolute atomic E-state index is 12.5. The molecular weight excluding hydrogens is 567 g/mol. The van der Waals surface area contributed by atoms with Crippen LogP contribution in [0.25, 0.3) is 6.08 Å². The minimum absolute atomic E-state index is 0.0431. The van der Waals surface area contributed by atoms with Crippen molar-refractivity contribution < 1.29 is 9.53 Å². The van der Waals surface area contributed by atoms with Crippen LogP contribution in [-0.4, -0.2) is 5.91 Å². The molecule has 0 heterocycles. The molecule has 4 nitrogen and oxygen atoms in total. The second-order valence-corrected chi connectivity index (χ2v) is 8.88. The van der Waals surface area contributed by atoms with Crippen molar-refractivity contribution in [2.24, 2.45) is 0 Å². The Morgan fingerprint density at radius 1 is 1.06 bits per heavy atom. The Hall–Kier alpha value is -2.30. The normalized spacial score (nSPS) is 11.0. The first-order chi connectivity index (χ1) is 14.9. The van der Waals surface area contributed by atoms with Crippen LogP contribution in [0.4, 0.5) is 5.69 Å². The number of nitrogens with zero attached hydrogens (tertiary/aromatic N) is 1. The largest absolute Gasteiger partial charge is 0.486 e. The number of carbonyl (C=O) groups excluding carboxylic acids is 1. The summed E-state index contributed by atoms with van der Waals surface area (Å²) in [7, 11) is 0. The summed E-state index contributed by atoms with van der Waals surface area (Å²) in [5.41, 5.74) is 2.00. The van der Waals surface area contributed by atoms with E-state index in [2.05, 4.69) is 37.2 Å². The quantitative estimate of drug-likeness (QED) is 0.241. The van der Waals surface area contributed by atoms with Crippen LogP contribution in [0, 0.1) is 11.3 Å². The number of carbonyl (C=O) groups is 1. The van der Waals surface area contributed by atoms with Crippen LogP contribution in [0.2, 0.25) is 10.0 Å². The molecule has 0 radical (unpaired) electrons. The van der Waals surface area contributed by atoms with Crippen LogP contribution in [0.5, 0.6) is 5.75 Å². The third kappa shape index (κ3) is 6.34. The summed E-state index contributed by atoms with van der Waals surface area (Å²) < 4.78 is 7.23. The summed E-state index contributed by atoms with van der Waals surface area (Å²) in [5, 5.41) is 13.3. The van der Waals surface area contributed by atoms with E-state index in [4.69, 9.17) is 27.9 Å². The van der Waals surface area contributed by atoms with Gasteiger partial charge in [-0.05, 0) is 86.0 Å². The molecule has 0 aliphatic heterocycles. The molecular formula is C23H14Br2Cl2N2O2. The molecule has 0 bridgehead atoms. The molecule has 1 amide bonds. The maximum Gasteiger partial charge on any atom is 0.266 e. The topological polar surface area (TPSA) is 62.1 Å². The Morgan fingerprint density at radius 2 is 1.71 bits per heavy atom. The van der Waals surface area contributed by atoms with E-state index in [0.717, 1.165) is 5.56 Å². The lowest BCUT2D eigenvalue weighted by atomic mass is 10.1. The molecule has 3 aromatic rings. The number of hydrogen-bond donors (Lipinski definition) is 1. The Labute approximate surface area is 206 Å². The molecule has 3 aromatic carbocycles. The number of nitrogens with one attached hydrogen (secondary N) is 1. The Morgan fingerprint density at radius 3 is 2.32 bits per heavy atom. The van der Waals surface area contributed by atoms with Gasteiger partial charge in [0.2, 0.25) is 0 Å². The van der Waals surface area contributed by atoms with Gasteiger partial charge in [0.05, 0.1) is 8.95 Å². The fraction of sp³-hybridized carbons (Fsp3) is 0.0435. The fourth-order valence-corrected chi connectivity index (χ4v) is 4.38. The van der Waals surface area contributed by atoms with Gasteiger partial charge < -0.3 is 10.1 Å². The average molecular weight is 581 g/mol. The predicted octanol–water partition coefficient (Wildman–Crippen LogP) is 7.64. The molecule has 0 aliphatic carbocycles. The van der Waals surface area contributed by atoms with Crippen molar-refractivity contribution in [3.8, 4) is 11.8 Å². The summed E-state index contributed by atoms with van der Waals surface area (Å²) in [6.07, 6.45) is 1.50. The van der Waals surface area contributed by atoms with E-state index in [1.54, 1.807) is 42.5 Å². The third-order valence-corrected chi connectivity index (χ3v) is 5.93. The summed E-state index contributed by atoms with van der Waals surface area (Å²) >= 11 is 19.0. The highest BCUT2D eigenvalue weighted by Crippen LogP contribution is 2.36. The number of benzene rings is 3. The van der Waals surface area contributed by atoms with Gasteiger partial charge in [-0.3, -0.25) is 4.79 Å². The highest BCUT2D eigenvalue weighted by atomic mass is 79.9. The number of anilines is 1. The van der Waals surface area contributed by atoms with E-state index in [0.29, 0.717) is 42.6 Å². The molecule has 0 fully saturated rings. The number of ether oxygens (including phenoxy) is 1. The first-order valence-electron chi connectivity index (χ1n) is 8.91. The maximum atomic E-state index is 12.5. The number of halogens is 4. The Bertz CT molecular complexity index is 1170. The lowest BCUT2D eigenvalue weighted by molar-refractivity contribution is -0.112. The highest BCUT2D eigenvalue weighted by Gasteiger charge is 2.13. The van der Waals surface area contributed by atoms with Gasteiger partial charge in [-0.1, -0.05) is 41.4 Å². The standard InChI is InChI=1S/C23H14Br2Cl2N2O2/c24-19-10-14(9-16(12-28)23(30)29-18-7-5-17(26)6-8-18)11-20(25)22(19)31-13-15-3-1-2-4-21(15)27/h1-11H,13H2,(H,29,30)/b16-9-. The molecule has 0 saturated carbocycles. The van der Waals surface area contributed by atoms with Gasteiger partial charge in [0.1, 0.15) is 24.0 Å².